The first kappa shape index (κ1) is 15.8. The summed E-state index contributed by atoms with van der Waals surface area (Å²) >= 11 is 0. The van der Waals surface area contributed by atoms with Crippen LogP contribution in [0.1, 0.15) is 51.4 Å². The zero-order valence-corrected chi connectivity index (χ0v) is 12.1. The molecule has 18 heavy (non-hydrogen) atoms. The quantitative estimate of drug-likeness (QED) is 0.781. The van der Waals surface area contributed by atoms with Crippen molar-refractivity contribution in [1.29, 1.82) is 0 Å². The van der Waals surface area contributed by atoms with E-state index in [2.05, 4.69) is 10.6 Å². The van der Waals surface area contributed by atoms with Crippen molar-refractivity contribution < 1.29 is 4.79 Å². The van der Waals surface area contributed by atoms with Crippen molar-refractivity contribution >= 4 is 18.3 Å². The van der Waals surface area contributed by atoms with Crippen molar-refractivity contribution in [1.82, 2.24) is 10.6 Å². The van der Waals surface area contributed by atoms with Crippen LogP contribution in [0.25, 0.3) is 0 Å². The molecule has 0 aromatic rings. The third-order valence-corrected chi connectivity index (χ3v) is 4.28. The second-order valence-corrected chi connectivity index (χ2v) is 5.69. The van der Waals surface area contributed by atoms with Gasteiger partial charge in [-0.15, -0.1) is 12.4 Å². The summed E-state index contributed by atoms with van der Waals surface area (Å²) in [5.74, 6) is 1.89. The standard InChI is InChI=1S/C14H26N2O.ClH/c17-14(7-6-12-3-1-4-12)16-10-8-13-5-2-9-15-11-13;/h12-13,15H,1-11H2,(H,16,17);1H. The second-order valence-electron chi connectivity index (χ2n) is 5.69. The van der Waals surface area contributed by atoms with E-state index in [1.54, 1.807) is 0 Å². The molecule has 1 amide bonds. The molecule has 0 aromatic heterocycles. The van der Waals surface area contributed by atoms with Crippen molar-refractivity contribution in [3.8, 4) is 0 Å². The molecule has 2 aliphatic rings. The van der Waals surface area contributed by atoms with Crippen molar-refractivity contribution in [2.45, 2.75) is 51.4 Å². The molecule has 106 valence electrons. The third-order valence-electron chi connectivity index (χ3n) is 4.28. The molecule has 2 N–H and O–H groups in total. The molecule has 0 radical (unpaired) electrons. The summed E-state index contributed by atoms with van der Waals surface area (Å²) in [6.45, 7) is 3.18. The lowest BCUT2D eigenvalue weighted by Gasteiger charge is -2.25. The molecule has 3 nitrogen and oxygen atoms in total. The number of hydrogen-bond acceptors (Lipinski definition) is 2. The highest BCUT2D eigenvalue weighted by Gasteiger charge is 2.18. The Morgan fingerprint density at radius 2 is 1.89 bits per heavy atom. The van der Waals surface area contributed by atoms with E-state index in [0.29, 0.717) is 0 Å². The second kappa shape index (κ2) is 8.76. The summed E-state index contributed by atoms with van der Waals surface area (Å²) in [4.78, 5) is 11.6. The van der Waals surface area contributed by atoms with Crippen LogP contribution in [0.2, 0.25) is 0 Å². The molecule has 1 atom stereocenters. The van der Waals surface area contributed by atoms with Crippen molar-refractivity contribution in [3.05, 3.63) is 0 Å². The van der Waals surface area contributed by atoms with E-state index in [0.717, 1.165) is 44.2 Å². The molecule has 1 unspecified atom stereocenters. The molecular formula is C14H27ClN2O. The molecule has 1 heterocycles. The van der Waals surface area contributed by atoms with E-state index in [1.807, 2.05) is 0 Å². The Bertz CT molecular complexity index is 238. The van der Waals surface area contributed by atoms with Gasteiger partial charge in [-0.3, -0.25) is 4.79 Å². The van der Waals surface area contributed by atoms with Crippen LogP contribution in [-0.2, 0) is 4.79 Å². The van der Waals surface area contributed by atoms with E-state index in [4.69, 9.17) is 0 Å². The van der Waals surface area contributed by atoms with Gasteiger partial charge in [0.25, 0.3) is 0 Å². The lowest BCUT2D eigenvalue weighted by atomic mass is 9.82. The Morgan fingerprint density at radius 1 is 1.11 bits per heavy atom. The van der Waals surface area contributed by atoms with Crippen LogP contribution in [0.15, 0.2) is 0 Å². The van der Waals surface area contributed by atoms with E-state index in [-0.39, 0.29) is 18.3 Å². The number of piperidine rings is 1. The van der Waals surface area contributed by atoms with Crippen molar-refractivity contribution in [2.24, 2.45) is 11.8 Å². The summed E-state index contributed by atoms with van der Waals surface area (Å²) in [6.07, 6.45) is 9.68. The molecular weight excluding hydrogens is 248 g/mol. The predicted molar refractivity (Wildman–Crippen MR) is 77.0 cm³/mol. The summed E-state index contributed by atoms with van der Waals surface area (Å²) in [5, 5.41) is 6.48. The summed E-state index contributed by atoms with van der Waals surface area (Å²) in [5.41, 5.74) is 0. The average Bonchev–Trinajstić information content (AvgIpc) is 2.28. The van der Waals surface area contributed by atoms with Crippen molar-refractivity contribution in [2.75, 3.05) is 19.6 Å². The highest BCUT2D eigenvalue weighted by molar-refractivity contribution is 5.85. The van der Waals surface area contributed by atoms with Crippen molar-refractivity contribution in [3.63, 3.8) is 0 Å². The predicted octanol–water partition coefficient (Wildman–Crippen LogP) is 2.49. The minimum Gasteiger partial charge on any atom is -0.356 e. The molecule has 0 aromatic carbocycles. The van der Waals surface area contributed by atoms with Gasteiger partial charge in [-0.2, -0.15) is 0 Å². The van der Waals surface area contributed by atoms with Gasteiger partial charge in [0, 0.05) is 13.0 Å². The smallest absolute Gasteiger partial charge is 0.220 e. The van der Waals surface area contributed by atoms with Gasteiger partial charge in [-0.05, 0) is 50.6 Å². The van der Waals surface area contributed by atoms with Gasteiger partial charge in [0.15, 0.2) is 0 Å². The number of carbonyl (C=O) groups excluding carboxylic acids is 1. The van der Waals surface area contributed by atoms with Crippen LogP contribution in [-0.4, -0.2) is 25.5 Å². The minimum absolute atomic E-state index is 0. The van der Waals surface area contributed by atoms with Gasteiger partial charge in [-0.25, -0.2) is 0 Å². The van der Waals surface area contributed by atoms with Gasteiger partial charge in [0.05, 0.1) is 0 Å². The van der Waals surface area contributed by atoms with E-state index < -0.39 is 0 Å². The molecule has 2 rings (SSSR count). The van der Waals surface area contributed by atoms with E-state index in [9.17, 15) is 4.79 Å². The Labute approximate surface area is 117 Å². The molecule has 1 aliphatic carbocycles. The fraction of sp³-hybridized carbons (Fsp3) is 0.929. The van der Waals surface area contributed by atoms with Crippen LogP contribution in [0.3, 0.4) is 0 Å². The van der Waals surface area contributed by atoms with Gasteiger partial charge in [0.1, 0.15) is 0 Å². The maximum Gasteiger partial charge on any atom is 0.220 e. The van der Waals surface area contributed by atoms with Gasteiger partial charge < -0.3 is 10.6 Å². The zero-order valence-electron chi connectivity index (χ0n) is 11.2. The van der Waals surface area contributed by atoms with E-state index in [1.165, 1.54) is 38.6 Å². The molecule has 2 fully saturated rings. The highest BCUT2D eigenvalue weighted by Crippen LogP contribution is 2.30. The fourth-order valence-electron chi connectivity index (χ4n) is 2.79. The Kier molecular flexibility index (Phi) is 7.68. The van der Waals surface area contributed by atoms with Crippen LogP contribution >= 0.6 is 12.4 Å². The minimum atomic E-state index is 0. The first-order valence-corrected chi connectivity index (χ1v) is 7.32. The normalized spacial score (nSPS) is 23.9. The molecule has 0 spiro atoms. The van der Waals surface area contributed by atoms with Gasteiger partial charge in [-0.1, -0.05) is 19.3 Å². The molecule has 1 aliphatic heterocycles. The lowest BCUT2D eigenvalue weighted by Crippen LogP contribution is -2.33. The fourth-order valence-corrected chi connectivity index (χ4v) is 2.79. The Hall–Kier alpha value is -0.280. The zero-order chi connectivity index (χ0) is 11.9. The van der Waals surface area contributed by atoms with Gasteiger partial charge >= 0.3 is 0 Å². The third kappa shape index (κ3) is 5.57. The first-order chi connectivity index (χ1) is 8.34. The number of amides is 1. The molecule has 1 saturated heterocycles. The lowest BCUT2D eigenvalue weighted by molar-refractivity contribution is -0.121. The monoisotopic (exact) mass is 274 g/mol. The Morgan fingerprint density at radius 3 is 2.50 bits per heavy atom. The highest BCUT2D eigenvalue weighted by atomic mass is 35.5. The van der Waals surface area contributed by atoms with Crippen LogP contribution < -0.4 is 10.6 Å². The number of halogens is 1. The SMILES string of the molecule is Cl.O=C(CCC1CCC1)NCCC1CCCNC1. The Balaban J connectivity index is 0.00000162. The van der Waals surface area contributed by atoms with E-state index >= 15 is 0 Å². The number of rotatable bonds is 6. The topological polar surface area (TPSA) is 41.1 Å². The summed E-state index contributed by atoms with van der Waals surface area (Å²) in [6, 6.07) is 0. The van der Waals surface area contributed by atoms with Crippen LogP contribution in [0, 0.1) is 11.8 Å². The van der Waals surface area contributed by atoms with Gasteiger partial charge in [0.2, 0.25) is 5.91 Å². The van der Waals surface area contributed by atoms with Crippen LogP contribution in [0.5, 0.6) is 0 Å². The number of carbonyl (C=O) groups is 1. The van der Waals surface area contributed by atoms with Crippen LogP contribution in [0.4, 0.5) is 0 Å². The summed E-state index contributed by atoms with van der Waals surface area (Å²) < 4.78 is 0. The summed E-state index contributed by atoms with van der Waals surface area (Å²) in [7, 11) is 0. The largest absolute Gasteiger partial charge is 0.356 e. The number of hydrogen-bond donors (Lipinski definition) is 2. The average molecular weight is 275 g/mol. The number of nitrogens with one attached hydrogen (secondary N) is 2. The molecule has 1 saturated carbocycles. The maximum atomic E-state index is 11.6. The maximum absolute atomic E-state index is 11.6. The first-order valence-electron chi connectivity index (χ1n) is 7.32. The molecule has 4 heteroatoms. The molecule has 0 bridgehead atoms.